The minimum Gasteiger partial charge on any atom is -0.452 e. The van der Waals surface area contributed by atoms with Crippen molar-refractivity contribution in [2.75, 3.05) is 49.4 Å². The van der Waals surface area contributed by atoms with Crippen LogP contribution in [0.3, 0.4) is 0 Å². The number of nitrogens with zero attached hydrogens (tertiary/aromatic N) is 1. The zero-order valence-corrected chi connectivity index (χ0v) is 18.3. The quantitative estimate of drug-likeness (QED) is 0.627. The molecule has 33 heavy (non-hydrogen) atoms. The summed E-state index contributed by atoms with van der Waals surface area (Å²) in [6.45, 7) is 0.916. The van der Waals surface area contributed by atoms with Gasteiger partial charge in [-0.3, -0.25) is 4.79 Å². The fourth-order valence-electron chi connectivity index (χ4n) is 3.13. The minimum absolute atomic E-state index is 0.0111. The first-order chi connectivity index (χ1) is 15.4. The molecule has 2 aromatic rings. The number of benzene rings is 2. The van der Waals surface area contributed by atoms with Gasteiger partial charge in [0.25, 0.3) is 5.91 Å². The first-order valence-electron chi connectivity index (χ1n) is 9.76. The van der Waals surface area contributed by atoms with Gasteiger partial charge in [0.1, 0.15) is 0 Å². The molecule has 0 spiro atoms. The summed E-state index contributed by atoms with van der Waals surface area (Å²) in [5.74, 6) is -1.72. The van der Waals surface area contributed by atoms with Gasteiger partial charge in [-0.1, -0.05) is 0 Å². The number of morpholine rings is 1. The van der Waals surface area contributed by atoms with Crippen LogP contribution in [0.25, 0.3) is 0 Å². The summed E-state index contributed by atoms with van der Waals surface area (Å²) in [7, 11) is -3.44. The Balaban J connectivity index is 1.70. The van der Waals surface area contributed by atoms with Crippen LogP contribution in [0.2, 0.25) is 0 Å². The Hall–Kier alpha value is -3.12. The molecule has 0 saturated carbocycles. The fourth-order valence-corrected chi connectivity index (χ4v) is 3.76. The number of hydrogen-bond acceptors (Lipinski definition) is 7. The lowest BCUT2D eigenvalue weighted by molar-refractivity contribution is -0.137. The summed E-state index contributed by atoms with van der Waals surface area (Å²) in [5.41, 5.74) is -0.589. The summed E-state index contributed by atoms with van der Waals surface area (Å²) in [6.07, 6.45) is -3.59. The van der Waals surface area contributed by atoms with Crippen LogP contribution in [-0.2, 0) is 30.3 Å². The van der Waals surface area contributed by atoms with Crippen LogP contribution >= 0.6 is 0 Å². The molecule has 3 rings (SSSR count). The third-order valence-corrected chi connectivity index (χ3v) is 5.93. The van der Waals surface area contributed by atoms with Gasteiger partial charge in [-0.2, -0.15) is 13.2 Å². The first-order valence-corrected chi connectivity index (χ1v) is 11.7. The van der Waals surface area contributed by atoms with Gasteiger partial charge in [-0.15, -0.1) is 0 Å². The van der Waals surface area contributed by atoms with Crippen molar-refractivity contribution < 1.29 is 40.7 Å². The van der Waals surface area contributed by atoms with Gasteiger partial charge in [0.15, 0.2) is 16.4 Å². The molecule has 0 atom stereocenters. The minimum atomic E-state index is -4.60. The van der Waals surface area contributed by atoms with Crippen LogP contribution in [0.4, 0.5) is 24.5 Å². The standard InChI is InChI=1S/C21H21F3N2O6S/c1-33(29,30)16-5-2-14(3-6-16)20(28)32-13-19(27)25-17-12-15(21(22,23)24)4-7-18(17)26-8-10-31-11-9-26/h2-7,12H,8-11,13H2,1H3,(H,25,27). The summed E-state index contributed by atoms with van der Waals surface area (Å²) < 4.78 is 72.6. The summed E-state index contributed by atoms with van der Waals surface area (Å²) >= 11 is 0. The van der Waals surface area contributed by atoms with E-state index in [1.807, 2.05) is 0 Å². The van der Waals surface area contributed by atoms with Gasteiger partial charge in [0, 0.05) is 19.3 Å². The second-order valence-corrected chi connectivity index (χ2v) is 9.27. The zero-order valence-electron chi connectivity index (χ0n) is 17.5. The van der Waals surface area contributed by atoms with Crippen molar-refractivity contribution >= 4 is 33.1 Å². The number of ether oxygens (including phenoxy) is 2. The molecule has 1 aliphatic rings. The lowest BCUT2D eigenvalue weighted by Crippen LogP contribution is -2.37. The molecule has 0 radical (unpaired) electrons. The van der Waals surface area contributed by atoms with E-state index in [0.717, 1.165) is 18.4 Å². The largest absolute Gasteiger partial charge is 0.452 e. The Morgan fingerprint density at radius 2 is 1.73 bits per heavy atom. The van der Waals surface area contributed by atoms with Crippen molar-refractivity contribution in [2.24, 2.45) is 0 Å². The Morgan fingerprint density at radius 3 is 2.30 bits per heavy atom. The molecule has 0 aliphatic carbocycles. The molecule has 1 fully saturated rings. The van der Waals surface area contributed by atoms with E-state index < -0.39 is 40.1 Å². The Morgan fingerprint density at radius 1 is 1.09 bits per heavy atom. The molecule has 1 heterocycles. The van der Waals surface area contributed by atoms with E-state index in [0.29, 0.717) is 32.0 Å². The zero-order chi connectivity index (χ0) is 24.2. The Kier molecular flexibility index (Phi) is 7.28. The summed E-state index contributed by atoms with van der Waals surface area (Å²) in [6, 6.07) is 7.96. The first kappa shape index (κ1) is 24.5. The van der Waals surface area contributed by atoms with Gasteiger partial charge in [0.05, 0.1) is 40.6 Å². The maximum atomic E-state index is 13.2. The fraction of sp³-hybridized carbons (Fsp3) is 0.333. The van der Waals surface area contributed by atoms with Crippen LogP contribution in [0.5, 0.6) is 0 Å². The van der Waals surface area contributed by atoms with Crippen LogP contribution in [0.1, 0.15) is 15.9 Å². The number of amides is 1. The van der Waals surface area contributed by atoms with E-state index in [4.69, 9.17) is 9.47 Å². The highest BCUT2D eigenvalue weighted by Gasteiger charge is 2.32. The van der Waals surface area contributed by atoms with Gasteiger partial charge < -0.3 is 19.7 Å². The lowest BCUT2D eigenvalue weighted by atomic mass is 10.1. The Bertz CT molecular complexity index is 1130. The number of esters is 1. The van der Waals surface area contributed by atoms with Gasteiger partial charge in [0.2, 0.25) is 0 Å². The second-order valence-electron chi connectivity index (χ2n) is 7.25. The monoisotopic (exact) mass is 486 g/mol. The summed E-state index contributed by atoms with van der Waals surface area (Å²) in [5, 5.41) is 2.38. The number of carbonyl (C=O) groups is 2. The van der Waals surface area contributed by atoms with Crippen molar-refractivity contribution in [2.45, 2.75) is 11.1 Å². The van der Waals surface area contributed by atoms with E-state index >= 15 is 0 Å². The maximum absolute atomic E-state index is 13.2. The third-order valence-electron chi connectivity index (χ3n) is 4.80. The number of rotatable bonds is 6. The highest BCUT2D eigenvalue weighted by molar-refractivity contribution is 7.90. The van der Waals surface area contributed by atoms with Crippen LogP contribution in [0, 0.1) is 0 Å². The average Bonchev–Trinajstić information content (AvgIpc) is 2.77. The summed E-state index contributed by atoms with van der Waals surface area (Å²) in [4.78, 5) is 26.3. The predicted molar refractivity (Wildman–Crippen MR) is 113 cm³/mol. The van der Waals surface area contributed by atoms with E-state index in [1.165, 1.54) is 30.3 Å². The van der Waals surface area contributed by atoms with Gasteiger partial charge >= 0.3 is 12.1 Å². The second kappa shape index (κ2) is 9.79. The molecule has 0 aromatic heterocycles. The number of alkyl halides is 3. The number of halogens is 3. The van der Waals surface area contributed by atoms with Crippen LogP contribution in [-0.4, -0.2) is 59.5 Å². The predicted octanol–water partition coefficient (Wildman–Crippen LogP) is 2.74. The molecule has 1 N–H and O–H groups in total. The normalized spacial score (nSPS) is 14.6. The average molecular weight is 486 g/mol. The topological polar surface area (TPSA) is 102 Å². The lowest BCUT2D eigenvalue weighted by Gasteiger charge is -2.31. The SMILES string of the molecule is CS(=O)(=O)c1ccc(C(=O)OCC(=O)Nc2cc(C(F)(F)F)ccc2N2CCOCC2)cc1. The van der Waals surface area contributed by atoms with Crippen LogP contribution in [0.15, 0.2) is 47.4 Å². The van der Waals surface area contributed by atoms with Crippen molar-refractivity contribution in [1.29, 1.82) is 0 Å². The number of carbonyl (C=O) groups excluding carboxylic acids is 2. The number of sulfone groups is 1. The highest BCUT2D eigenvalue weighted by Crippen LogP contribution is 2.35. The molecule has 1 saturated heterocycles. The number of anilines is 2. The molecule has 0 bridgehead atoms. The molecule has 178 valence electrons. The third kappa shape index (κ3) is 6.45. The van der Waals surface area contributed by atoms with Crippen LogP contribution < -0.4 is 10.2 Å². The maximum Gasteiger partial charge on any atom is 0.416 e. The molecular weight excluding hydrogens is 465 g/mol. The van der Waals surface area contributed by atoms with E-state index in [2.05, 4.69) is 5.32 Å². The van der Waals surface area contributed by atoms with Gasteiger partial charge in [-0.05, 0) is 42.5 Å². The molecule has 1 aliphatic heterocycles. The van der Waals surface area contributed by atoms with E-state index in [-0.39, 0.29) is 16.1 Å². The Labute approximate surface area is 188 Å². The number of hydrogen-bond donors (Lipinski definition) is 1. The van der Waals surface area contributed by atoms with Crippen molar-refractivity contribution in [3.05, 3.63) is 53.6 Å². The molecular formula is C21H21F3N2O6S. The van der Waals surface area contributed by atoms with E-state index in [1.54, 1.807) is 4.90 Å². The highest BCUT2D eigenvalue weighted by atomic mass is 32.2. The van der Waals surface area contributed by atoms with Crippen molar-refractivity contribution in [3.8, 4) is 0 Å². The molecule has 2 aromatic carbocycles. The molecule has 8 nitrogen and oxygen atoms in total. The molecule has 0 unspecified atom stereocenters. The number of nitrogens with one attached hydrogen (secondary N) is 1. The van der Waals surface area contributed by atoms with Crippen molar-refractivity contribution in [1.82, 2.24) is 0 Å². The van der Waals surface area contributed by atoms with E-state index in [9.17, 15) is 31.2 Å². The van der Waals surface area contributed by atoms with Gasteiger partial charge in [-0.25, -0.2) is 13.2 Å². The van der Waals surface area contributed by atoms with Crippen molar-refractivity contribution in [3.63, 3.8) is 0 Å². The molecule has 12 heteroatoms. The molecule has 1 amide bonds. The smallest absolute Gasteiger partial charge is 0.416 e.